The number of pyridine rings is 1. The lowest BCUT2D eigenvalue weighted by molar-refractivity contribution is -0.00524. The molecular formula is C21H34N2O2S. The number of hydrogen-bond acceptors (Lipinski definition) is 4. The third-order valence-electron chi connectivity index (χ3n) is 6.01. The maximum absolute atomic E-state index is 13.0. The summed E-state index contributed by atoms with van der Waals surface area (Å²) in [5.74, 6) is 1.86. The normalized spacial score (nSPS) is 28.7. The number of nitrogens with one attached hydrogen (secondary N) is 1. The van der Waals surface area contributed by atoms with Gasteiger partial charge < -0.3 is 9.30 Å². The van der Waals surface area contributed by atoms with Gasteiger partial charge in [-0.1, -0.05) is 38.8 Å². The van der Waals surface area contributed by atoms with E-state index in [1.807, 2.05) is 10.6 Å². The van der Waals surface area contributed by atoms with Crippen LogP contribution in [-0.2, 0) is 17.6 Å². The summed E-state index contributed by atoms with van der Waals surface area (Å²) in [7, 11) is 0. The minimum Gasteiger partial charge on any atom is -0.376 e. The van der Waals surface area contributed by atoms with Gasteiger partial charge in [0.25, 0.3) is 5.56 Å². The molecule has 0 spiro atoms. The summed E-state index contributed by atoms with van der Waals surface area (Å²) in [6, 6.07) is 4.55. The average molecular weight is 379 g/mol. The number of ether oxygens (including phenoxy) is 1. The molecule has 0 amide bonds. The Morgan fingerprint density at radius 2 is 1.96 bits per heavy atom. The first-order chi connectivity index (χ1) is 12.6. The van der Waals surface area contributed by atoms with Crippen molar-refractivity contribution in [3.8, 4) is 0 Å². The highest BCUT2D eigenvalue weighted by Crippen LogP contribution is 2.29. The first-order valence-corrected chi connectivity index (χ1v) is 11.3. The lowest BCUT2D eigenvalue weighted by Gasteiger charge is -2.37. The largest absolute Gasteiger partial charge is 0.376 e. The zero-order valence-corrected chi connectivity index (χ0v) is 17.3. The van der Waals surface area contributed by atoms with E-state index >= 15 is 0 Å². The molecular weight excluding hydrogens is 344 g/mol. The van der Waals surface area contributed by atoms with Crippen LogP contribution in [0.4, 0.5) is 0 Å². The number of aryl methyl sites for hydroxylation is 2. The van der Waals surface area contributed by atoms with Gasteiger partial charge in [0.05, 0.1) is 18.8 Å². The van der Waals surface area contributed by atoms with Gasteiger partial charge in [-0.3, -0.25) is 9.52 Å². The van der Waals surface area contributed by atoms with Gasteiger partial charge in [-0.05, 0) is 56.9 Å². The number of aromatic nitrogens is 1. The van der Waals surface area contributed by atoms with E-state index in [-0.39, 0.29) is 11.6 Å². The minimum absolute atomic E-state index is 0.0937. The van der Waals surface area contributed by atoms with Crippen molar-refractivity contribution in [2.45, 2.75) is 83.9 Å². The molecule has 0 saturated heterocycles. The van der Waals surface area contributed by atoms with Crippen molar-refractivity contribution < 1.29 is 4.74 Å². The van der Waals surface area contributed by atoms with Crippen LogP contribution >= 0.6 is 11.9 Å². The van der Waals surface area contributed by atoms with Gasteiger partial charge in [0.1, 0.15) is 0 Å². The van der Waals surface area contributed by atoms with Crippen LogP contribution < -0.4 is 10.3 Å². The van der Waals surface area contributed by atoms with Crippen LogP contribution in [0, 0.1) is 5.92 Å². The fourth-order valence-corrected chi connectivity index (χ4v) is 4.95. The van der Waals surface area contributed by atoms with Crippen LogP contribution in [0.1, 0.15) is 70.2 Å². The molecule has 146 valence electrons. The van der Waals surface area contributed by atoms with Gasteiger partial charge in [0.2, 0.25) is 0 Å². The number of rotatable bonds is 7. The molecule has 1 saturated carbocycles. The molecule has 5 heteroatoms. The van der Waals surface area contributed by atoms with Gasteiger partial charge in [0, 0.05) is 23.1 Å². The van der Waals surface area contributed by atoms with Gasteiger partial charge in [-0.15, -0.1) is 0 Å². The molecule has 1 aromatic heterocycles. The quantitative estimate of drug-likeness (QED) is 0.725. The maximum Gasteiger partial charge on any atom is 0.254 e. The SMILES string of the molecule is CCSNC1CCc2ccc(CC)c(=O)n2C1COC1CCC(C)CC1. The average Bonchev–Trinajstić information content (AvgIpc) is 2.66. The van der Waals surface area contributed by atoms with Gasteiger partial charge in [0.15, 0.2) is 0 Å². The zero-order valence-electron chi connectivity index (χ0n) is 16.5. The Balaban J connectivity index is 1.79. The lowest BCUT2D eigenvalue weighted by Crippen LogP contribution is -2.47. The Morgan fingerprint density at radius 3 is 2.65 bits per heavy atom. The molecule has 2 heterocycles. The highest BCUT2D eigenvalue weighted by molar-refractivity contribution is 7.97. The molecule has 2 aliphatic rings. The fourth-order valence-electron chi connectivity index (χ4n) is 4.30. The minimum atomic E-state index is 0.0937. The molecule has 4 nitrogen and oxygen atoms in total. The van der Waals surface area contributed by atoms with Crippen LogP contribution in [-0.4, -0.2) is 29.1 Å². The molecule has 1 fully saturated rings. The van der Waals surface area contributed by atoms with Crippen LogP contribution in [0.15, 0.2) is 16.9 Å². The van der Waals surface area contributed by atoms with E-state index in [0.29, 0.717) is 18.8 Å². The van der Waals surface area contributed by atoms with E-state index in [9.17, 15) is 4.79 Å². The third kappa shape index (κ3) is 4.55. The summed E-state index contributed by atoms with van der Waals surface area (Å²) in [6.45, 7) is 7.19. The van der Waals surface area contributed by atoms with Gasteiger partial charge in [-0.25, -0.2) is 0 Å². The third-order valence-corrected chi connectivity index (χ3v) is 6.77. The molecule has 2 unspecified atom stereocenters. The first-order valence-electron chi connectivity index (χ1n) is 10.4. The summed E-state index contributed by atoms with van der Waals surface area (Å²) >= 11 is 1.75. The number of hydrogen-bond donors (Lipinski definition) is 1. The molecule has 3 rings (SSSR count). The zero-order chi connectivity index (χ0) is 18.5. The van der Waals surface area contributed by atoms with E-state index < -0.39 is 0 Å². The molecule has 26 heavy (non-hydrogen) atoms. The summed E-state index contributed by atoms with van der Waals surface area (Å²) in [6.07, 6.45) is 8.01. The summed E-state index contributed by atoms with van der Waals surface area (Å²) in [5.41, 5.74) is 2.26. The van der Waals surface area contributed by atoms with Crippen molar-refractivity contribution in [2.75, 3.05) is 12.4 Å². The maximum atomic E-state index is 13.0. The molecule has 1 aliphatic heterocycles. The molecule has 1 N–H and O–H groups in total. The van der Waals surface area contributed by atoms with Crippen LogP contribution in [0.2, 0.25) is 0 Å². The van der Waals surface area contributed by atoms with Crippen molar-refractivity contribution in [3.05, 3.63) is 33.7 Å². The van der Waals surface area contributed by atoms with E-state index in [4.69, 9.17) is 4.74 Å². The second-order valence-corrected chi connectivity index (χ2v) is 8.96. The highest BCUT2D eigenvalue weighted by Gasteiger charge is 2.32. The predicted octanol–water partition coefficient (Wildman–Crippen LogP) is 4.12. The second-order valence-electron chi connectivity index (χ2n) is 7.86. The van der Waals surface area contributed by atoms with E-state index in [2.05, 4.69) is 31.6 Å². The Morgan fingerprint density at radius 1 is 1.19 bits per heavy atom. The van der Waals surface area contributed by atoms with Crippen molar-refractivity contribution in [3.63, 3.8) is 0 Å². The Hall–Kier alpha value is -0.780. The molecule has 2 atom stereocenters. The first kappa shape index (κ1) is 20.0. The number of nitrogens with zero attached hydrogens (tertiary/aromatic N) is 1. The highest BCUT2D eigenvalue weighted by atomic mass is 32.2. The smallest absolute Gasteiger partial charge is 0.254 e. The summed E-state index contributed by atoms with van der Waals surface area (Å²) in [4.78, 5) is 13.0. The monoisotopic (exact) mass is 378 g/mol. The van der Waals surface area contributed by atoms with E-state index in [1.165, 1.54) is 12.8 Å². The van der Waals surface area contributed by atoms with Gasteiger partial charge in [-0.2, -0.15) is 0 Å². The Bertz CT molecular complexity index is 637. The van der Waals surface area contributed by atoms with Crippen LogP contribution in [0.5, 0.6) is 0 Å². The predicted molar refractivity (Wildman–Crippen MR) is 110 cm³/mol. The topological polar surface area (TPSA) is 43.3 Å². The Labute approximate surface area is 162 Å². The summed E-state index contributed by atoms with van der Waals surface area (Å²) in [5, 5.41) is 0. The van der Waals surface area contributed by atoms with Gasteiger partial charge >= 0.3 is 0 Å². The molecule has 0 radical (unpaired) electrons. The van der Waals surface area contributed by atoms with Crippen molar-refractivity contribution in [1.29, 1.82) is 0 Å². The summed E-state index contributed by atoms with van der Waals surface area (Å²) < 4.78 is 12.0. The standard InChI is InChI=1S/C21H34N2O2S/c1-4-16-8-9-17-10-13-19(22-26-5-2)20(23(17)21(16)24)14-25-18-11-6-15(3)7-12-18/h8-9,15,18-20,22H,4-7,10-14H2,1-3H3. The van der Waals surface area contributed by atoms with Crippen LogP contribution in [0.3, 0.4) is 0 Å². The molecule has 1 aromatic rings. The second kappa shape index (κ2) is 9.43. The molecule has 1 aliphatic carbocycles. The van der Waals surface area contributed by atoms with E-state index in [1.54, 1.807) is 11.9 Å². The van der Waals surface area contributed by atoms with Crippen LogP contribution in [0.25, 0.3) is 0 Å². The molecule has 0 bridgehead atoms. The fraction of sp³-hybridized carbons (Fsp3) is 0.762. The molecule has 0 aromatic carbocycles. The van der Waals surface area contributed by atoms with Crippen molar-refractivity contribution in [2.24, 2.45) is 5.92 Å². The lowest BCUT2D eigenvalue weighted by atomic mass is 9.89. The van der Waals surface area contributed by atoms with Crippen molar-refractivity contribution >= 4 is 11.9 Å². The Kier molecular flexibility index (Phi) is 7.24. The van der Waals surface area contributed by atoms with E-state index in [0.717, 1.165) is 55.0 Å². The number of fused-ring (bicyclic) bond motifs is 1. The van der Waals surface area contributed by atoms with Crippen molar-refractivity contribution in [1.82, 2.24) is 9.29 Å².